The van der Waals surface area contributed by atoms with Crippen LogP contribution in [0.15, 0.2) is 29.3 Å². The van der Waals surface area contributed by atoms with E-state index < -0.39 is 0 Å². The topological polar surface area (TPSA) is 75.2 Å². The van der Waals surface area contributed by atoms with E-state index in [1.54, 1.807) is 7.05 Å². The average molecular weight is 417 g/mol. The molecule has 1 unspecified atom stereocenters. The largest absolute Gasteiger partial charge is 0.381 e. The molecule has 3 rings (SSSR count). The van der Waals surface area contributed by atoms with Gasteiger partial charge >= 0.3 is 0 Å². The fourth-order valence-corrected chi connectivity index (χ4v) is 3.90. The van der Waals surface area contributed by atoms with Gasteiger partial charge < -0.3 is 25.0 Å². The van der Waals surface area contributed by atoms with Crippen LogP contribution in [0.5, 0.6) is 0 Å². The number of likely N-dealkylation sites (tertiary alicyclic amines) is 1. The third-order valence-electron chi connectivity index (χ3n) is 5.66. The maximum atomic E-state index is 12.2. The Morgan fingerprint density at radius 3 is 2.77 bits per heavy atom. The zero-order valence-corrected chi connectivity index (χ0v) is 18.5. The van der Waals surface area contributed by atoms with Crippen LogP contribution in [0.4, 0.5) is 0 Å². The van der Waals surface area contributed by atoms with Crippen LogP contribution >= 0.6 is 0 Å². The number of hydrogen-bond acceptors (Lipinski definition) is 4. The highest BCUT2D eigenvalue weighted by Crippen LogP contribution is 2.15. The van der Waals surface area contributed by atoms with Crippen LogP contribution in [0.3, 0.4) is 0 Å². The van der Waals surface area contributed by atoms with Crippen molar-refractivity contribution in [3.63, 3.8) is 0 Å². The number of nitrogens with zero attached hydrogens (tertiary/aromatic N) is 2. The van der Waals surface area contributed by atoms with Crippen molar-refractivity contribution in [3.05, 3.63) is 35.4 Å². The third-order valence-corrected chi connectivity index (χ3v) is 5.66. The van der Waals surface area contributed by atoms with E-state index >= 15 is 0 Å². The predicted octanol–water partition coefficient (Wildman–Crippen LogP) is 2.30. The van der Waals surface area contributed by atoms with E-state index in [0.717, 1.165) is 51.5 Å². The monoisotopic (exact) mass is 416 g/mol. The summed E-state index contributed by atoms with van der Waals surface area (Å²) in [7, 11) is 1.78. The number of carbonyl (C=O) groups excluding carboxylic acids is 1. The minimum atomic E-state index is 0.0453. The molecule has 7 nitrogen and oxygen atoms in total. The Balaban J connectivity index is 1.44. The zero-order chi connectivity index (χ0) is 21.3. The fraction of sp³-hybridized carbons (Fsp3) is 0.652. The van der Waals surface area contributed by atoms with Crippen molar-refractivity contribution in [1.29, 1.82) is 0 Å². The molecule has 1 atom stereocenters. The Bertz CT molecular complexity index is 716. The summed E-state index contributed by atoms with van der Waals surface area (Å²) in [6.07, 6.45) is 3.20. The number of ether oxygens (including phenoxy) is 2. The van der Waals surface area contributed by atoms with E-state index in [0.29, 0.717) is 19.3 Å². The van der Waals surface area contributed by atoms with Crippen molar-refractivity contribution in [2.75, 3.05) is 33.4 Å². The molecule has 0 spiro atoms. The van der Waals surface area contributed by atoms with Gasteiger partial charge in [-0.1, -0.05) is 38.1 Å². The lowest BCUT2D eigenvalue weighted by Gasteiger charge is -2.22. The highest BCUT2D eigenvalue weighted by atomic mass is 16.5. The Morgan fingerprint density at radius 2 is 2.03 bits per heavy atom. The maximum Gasteiger partial charge on any atom is 0.225 e. The minimum absolute atomic E-state index is 0.0453. The molecule has 1 aromatic carbocycles. The quantitative estimate of drug-likeness (QED) is 0.527. The predicted molar refractivity (Wildman–Crippen MR) is 118 cm³/mol. The van der Waals surface area contributed by atoms with Gasteiger partial charge in [0, 0.05) is 51.9 Å². The fourth-order valence-electron chi connectivity index (χ4n) is 3.90. The molecule has 2 N–H and O–H groups in total. The van der Waals surface area contributed by atoms with E-state index in [2.05, 4.69) is 39.9 Å². The molecule has 1 aromatic rings. The summed E-state index contributed by atoms with van der Waals surface area (Å²) < 4.78 is 11.4. The second-order valence-corrected chi connectivity index (χ2v) is 8.44. The lowest BCUT2D eigenvalue weighted by atomic mass is 10.1. The van der Waals surface area contributed by atoms with Gasteiger partial charge in [0.05, 0.1) is 12.7 Å². The van der Waals surface area contributed by atoms with Crippen LogP contribution in [0.2, 0.25) is 0 Å². The number of guanidine groups is 1. The van der Waals surface area contributed by atoms with E-state index in [4.69, 9.17) is 9.47 Å². The molecule has 2 saturated heterocycles. The smallest absolute Gasteiger partial charge is 0.225 e. The molecular weight excluding hydrogens is 380 g/mol. The van der Waals surface area contributed by atoms with Gasteiger partial charge in [-0.15, -0.1) is 0 Å². The first-order chi connectivity index (χ1) is 14.5. The van der Waals surface area contributed by atoms with Crippen molar-refractivity contribution in [3.8, 4) is 0 Å². The molecule has 7 heteroatoms. The van der Waals surface area contributed by atoms with Gasteiger partial charge in [0.2, 0.25) is 5.91 Å². The first-order valence-electron chi connectivity index (χ1n) is 11.1. The summed E-state index contributed by atoms with van der Waals surface area (Å²) in [5, 5.41) is 6.84. The minimum Gasteiger partial charge on any atom is -0.381 e. The zero-order valence-electron chi connectivity index (χ0n) is 18.5. The molecule has 30 heavy (non-hydrogen) atoms. The van der Waals surface area contributed by atoms with Gasteiger partial charge in [0.25, 0.3) is 0 Å². The third kappa shape index (κ3) is 6.71. The first kappa shape index (κ1) is 22.6. The molecule has 166 valence electrons. The normalized spacial score (nSPS) is 20.6. The molecule has 1 amide bonds. The van der Waals surface area contributed by atoms with Gasteiger partial charge in [-0.2, -0.15) is 0 Å². The Hall–Kier alpha value is -2.12. The number of hydrogen-bond donors (Lipinski definition) is 2. The van der Waals surface area contributed by atoms with Crippen LogP contribution in [0.1, 0.15) is 44.2 Å². The lowest BCUT2D eigenvalue weighted by molar-refractivity contribution is -0.133. The Morgan fingerprint density at radius 1 is 1.27 bits per heavy atom. The van der Waals surface area contributed by atoms with Crippen LogP contribution in [-0.2, 0) is 27.4 Å². The number of nitrogens with one attached hydrogen (secondary N) is 2. The SMILES string of the molecule is CN=C(NCc1cccc(COC2CCOCC2)c1)NC1CCN(C(=O)C(C)C)C1. The molecule has 2 fully saturated rings. The van der Waals surface area contributed by atoms with Crippen LogP contribution in [0, 0.1) is 5.92 Å². The Labute approximate surface area is 180 Å². The molecule has 0 saturated carbocycles. The molecular formula is C23H36N4O3. The van der Waals surface area contributed by atoms with E-state index in [9.17, 15) is 4.79 Å². The molecule has 0 radical (unpaired) electrons. The van der Waals surface area contributed by atoms with Crippen molar-refractivity contribution in [2.45, 2.75) is 58.4 Å². The van der Waals surface area contributed by atoms with E-state index in [1.807, 2.05) is 18.7 Å². The molecule has 2 aliphatic rings. The highest BCUT2D eigenvalue weighted by Gasteiger charge is 2.27. The number of carbonyl (C=O) groups is 1. The van der Waals surface area contributed by atoms with Crippen molar-refractivity contribution >= 4 is 11.9 Å². The van der Waals surface area contributed by atoms with E-state index in [1.165, 1.54) is 11.1 Å². The molecule has 0 aliphatic carbocycles. The summed E-state index contributed by atoms with van der Waals surface area (Å²) in [6, 6.07) is 8.70. The van der Waals surface area contributed by atoms with Crippen LogP contribution < -0.4 is 10.6 Å². The summed E-state index contributed by atoms with van der Waals surface area (Å²) in [5.74, 6) is 1.04. The van der Waals surface area contributed by atoms with Crippen molar-refractivity contribution in [2.24, 2.45) is 10.9 Å². The average Bonchev–Trinajstić information content (AvgIpc) is 3.24. The molecule has 2 heterocycles. The second-order valence-electron chi connectivity index (χ2n) is 8.44. The van der Waals surface area contributed by atoms with Gasteiger partial charge in [-0.3, -0.25) is 9.79 Å². The first-order valence-corrected chi connectivity index (χ1v) is 11.1. The van der Waals surface area contributed by atoms with Gasteiger partial charge in [-0.05, 0) is 30.4 Å². The molecule has 2 aliphatic heterocycles. The summed E-state index contributed by atoms with van der Waals surface area (Å²) in [4.78, 5) is 18.5. The van der Waals surface area contributed by atoms with Gasteiger partial charge in [0.15, 0.2) is 5.96 Å². The number of amides is 1. The number of aliphatic imine (C=N–C) groups is 1. The van der Waals surface area contributed by atoms with Crippen LogP contribution in [-0.4, -0.2) is 62.3 Å². The van der Waals surface area contributed by atoms with Crippen molar-refractivity contribution < 1.29 is 14.3 Å². The Kier molecular flexibility index (Phi) is 8.51. The van der Waals surface area contributed by atoms with E-state index in [-0.39, 0.29) is 17.9 Å². The van der Waals surface area contributed by atoms with Gasteiger partial charge in [-0.25, -0.2) is 0 Å². The summed E-state index contributed by atoms with van der Waals surface area (Å²) in [6.45, 7) is 8.35. The number of benzene rings is 1. The standard InChI is InChI=1S/C23H36N4O3/c1-17(2)22(28)27-10-7-20(15-27)26-23(24-3)25-14-18-5-4-6-19(13-18)16-30-21-8-11-29-12-9-21/h4-6,13,17,20-21H,7-12,14-16H2,1-3H3,(H2,24,25,26). The number of rotatable bonds is 7. The maximum absolute atomic E-state index is 12.2. The summed E-state index contributed by atoms with van der Waals surface area (Å²) in [5.41, 5.74) is 2.37. The highest BCUT2D eigenvalue weighted by molar-refractivity contribution is 5.81. The molecule has 0 aromatic heterocycles. The molecule has 0 bridgehead atoms. The van der Waals surface area contributed by atoms with Crippen LogP contribution in [0.25, 0.3) is 0 Å². The van der Waals surface area contributed by atoms with Gasteiger partial charge in [0.1, 0.15) is 0 Å². The summed E-state index contributed by atoms with van der Waals surface area (Å²) >= 11 is 0. The lowest BCUT2D eigenvalue weighted by Crippen LogP contribution is -2.45. The second kappa shape index (κ2) is 11.3. The van der Waals surface area contributed by atoms with Crippen molar-refractivity contribution in [1.82, 2.24) is 15.5 Å².